The van der Waals surface area contributed by atoms with Crippen LogP contribution < -0.4 is 11.2 Å². The Balaban J connectivity index is 1.96. The maximum Gasteiger partial charge on any atom is 0.330 e. The van der Waals surface area contributed by atoms with Gasteiger partial charge in [-0.15, -0.1) is 0 Å². The Morgan fingerprint density at radius 3 is 2.52 bits per heavy atom. The average molecular weight is 369 g/mol. The van der Waals surface area contributed by atoms with Crippen molar-refractivity contribution in [1.29, 1.82) is 0 Å². The van der Waals surface area contributed by atoms with Crippen molar-refractivity contribution < 1.29 is 14.3 Å². The third-order valence-electron chi connectivity index (χ3n) is 6.04. The maximum atomic E-state index is 12.2. The lowest BCUT2D eigenvalue weighted by molar-refractivity contribution is -0.0478. The van der Waals surface area contributed by atoms with Gasteiger partial charge in [0.2, 0.25) is 0 Å². The van der Waals surface area contributed by atoms with Crippen LogP contribution in [0.25, 0.3) is 0 Å². The molecule has 25 heavy (non-hydrogen) atoms. The van der Waals surface area contributed by atoms with Crippen LogP contribution in [-0.2, 0) is 9.16 Å². The Labute approximate surface area is 148 Å². The molecule has 0 bridgehead atoms. The van der Waals surface area contributed by atoms with E-state index in [2.05, 4.69) is 38.8 Å². The first-order chi connectivity index (χ1) is 11.5. The zero-order chi connectivity index (χ0) is 18.6. The van der Waals surface area contributed by atoms with Gasteiger partial charge >= 0.3 is 5.69 Å². The number of nitrogens with zero attached hydrogens (tertiary/aromatic N) is 1. The highest BCUT2D eigenvalue weighted by Gasteiger charge is 2.66. The van der Waals surface area contributed by atoms with Crippen LogP contribution in [0.4, 0.5) is 0 Å². The second-order valence-electron chi connectivity index (χ2n) is 8.76. The highest BCUT2D eigenvalue weighted by Crippen LogP contribution is 2.64. The van der Waals surface area contributed by atoms with Crippen LogP contribution in [0.5, 0.6) is 0 Å². The van der Waals surface area contributed by atoms with Gasteiger partial charge in [-0.2, -0.15) is 0 Å². The molecule has 2 N–H and O–H groups in total. The Morgan fingerprint density at radius 2 is 2.04 bits per heavy atom. The summed E-state index contributed by atoms with van der Waals surface area (Å²) in [5.74, 6) is 0. The molecule has 2 heterocycles. The van der Waals surface area contributed by atoms with Crippen molar-refractivity contribution in [3.8, 4) is 0 Å². The zero-order valence-electron chi connectivity index (χ0n) is 15.5. The smallest absolute Gasteiger partial charge is 0.330 e. The summed E-state index contributed by atoms with van der Waals surface area (Å²) >= 11 is 0. The molecule has 0 aromatic carbocycles. The van der Waals surface area contributed by atoms with Gasteiger partial charge in [0.05, 0.1) is 12.7 Å². The molecule has 140 valence electrons. The molecule has 1 aromatic rings. The van der Waals surface area contributed by atoms with Crippen LogP contribution in [0.3, 0.4) is 0 Å². The molecule has 8 heteroatoms. The zero-order valence-corrected chi connectivity index (χ0v) is 16.5. The first kappa shape index (κ1) is 18.6. The summed E-state index contributed by atoms with van der Waals surface area (Å²) < 4.78 is 14.1. The van der Waals surface area contributed by atoms with Crippen LogP contribution >= 0.6 is 0 Å². The molecule has 1 saturated heterocycles. The molecule has 2 fully saturated rings. The average Bonchev–Trinajstić information content (AvgIpc) is 3.22. The molecule has 0 unspecified atom stereocenters. The predicted molar refractivity (Wildman–Crippen MR) is 96.1 cm³/mol. The fraction of sp³-hybridized carbons (Fsp3) is 0.765. The molecule has 2 aliphatic rings. The van der Waals surface area contributed by atoms with Crippen molar-refractivity contribution in [3.63, 3.8) is 0 Å². The molecule has 1 saturated carbocycles. The van der Waals surface area contributed by atoms with Gasteiger partial charge < -0.3 is 14.3 Å². The highest BCUT2D eigenvalue weighted by molar-refractivity contribution is 6.74. The Hall–Kier alpha value is -1.22. The third-order valence-corrected chi connectivity index (χ3v) is 10.5. The lowest BCUT2D eigenvalue weighted by atomic mass is 9.96. The van der Waals surface area contributed by atoms with E-state index >= 15 is 0 Å². The molecule has 0 amide bonds. The minimum absolute atomic E-state index is 0.0377. The molecular formula is C17H28N2O5Si. The number of aromatic amines is 1. The summed E-state index contributed by atoms with van der Waals surface area (Å²) in [5.41, 5.74) is -1.24. The number of hydrogen-bond acceptors (Lipinski definition) is 5. The van der Waals surface area contributed by atoms with Crippen molar-refractivity contribution in [3.05, 3.63) is 33.1 Å². The maximum absolute atomic E-state index is 12.2. The predicted octanol–water partition coefficient (Wildman–Crippen LogP) is 1.60. The van der Waals surface area contributed by atoms with Gasteiger partial charge in [0.1, 0.15) is 12.3 Å². The first-order valence-electron chi connectivity index (χ1n) is 8.77. The fourth-order valence-electron chi connectivity index (χ4n) is 3.34. The summed E-state index contributed by atoms with van der Waals surface area (Å²) in [5, 5.41) is 9.88. The van der Waals surface area contributed by atoms with Gasteiger partial charge in [-0.25, -0.2) is 4.79 Å². The summed E-state index contributed by atoms with van der Waals surface area (Å²) in [4.78, 5) is 25.8. The molecule has 1 aromatic heterocycles. The number of rotatable bonds is 4. The Bertz CT molecular complexity index is 759. The second kappa shape index (κ2) is 5.90. The molecule has 3 rings (SSSR count). The second-order valence-corrected chi connectivity index (χ2v) is 13.5. The van der Waals surface area contributed by atoms with E-state index in [1.54, 1.807) is 0 Å². The Morgan fingerprint density at radius 1 is 1.40 bits per heavy atom. The van der Waals surface area contributed by atoms with Crippen molar-refractivity contribution in [1.82, 2.24) is 9.55 Å². The molecule has 1 aliphatic carbocycles. The van der Waals surface area contributed by atoms with Crippen LogP contribution in [0.1, 0.15) is 39.8 Å². The Kier molecular flexibility index (Phi) is 4.38. The quantitative estimate of drug-likeness (QED) is 0.787. The summed E-state index contributed by atoms with van der Waals surface area (Å²) in [6.07, 6.45) is 1.97. The minimum Gasteiger partial charge on any atom is -0.410 e. The van der Waals surface area contributed by atoms with E-state index in [1.165, 1.54) is 16.8 Å². The number of ether oxygens (including phenoxy) is 1. The van der Waals surface area contributed by atoms with Crippen molar-refractivity contribution in [2.24, 2.45) is 5.41 Å². The van der Waals surface area contributed by atoms with Gasteiger partial charge in [-0.05, 0) is 31.0 Å². The third kappa shape index (κ3) is 3.05. The van der Waals surface area contributed by atoms with Crippen LogP contribution in [0.15, 0.2) is 21.9 Å². The van der Waals surface area contributed by atoms with E-state index < -0.39 is 31.9 Å². The molecule has 0 radical (unpaired) electrons. The number of hydrogen-bond donors (Lipinski definition) is 2. The minimum atomic E-state index is -2.07. The van der Waals surface area contributed by atoms with Crippen LogP contribution in [0, 0.1) is 5.41 Å². The van der Waals surface area contributed by atoms with Gasteiger partial charge in [0.25, 0.3) is 5.56 Å². The standard InChI is InChI=1S/C17H28N2O5Si/c1-16(2,3)25(4,5)24-13-11(10-20)23-14(17(13)7-8-17)19-9-6-12(21)18-15(19)22/h6,9,11,13-14,20H,7-8,10H2,1-5H3,(H,18,21,22)/t11-,13-,14-/m1/s1. The lowest BCUT2D eigenvalue weighted by Crippen LogP contribution is -2.49. The largest absolute Gasteiger partial charge is 0.410 e. The van der Waals surface area contributed by atoms with Gasteiger partial charge in [-0.1, -0.05) is 20.8 Å². The van der Waals surface area contributed by atoms with E-state index in [-0.39, 0.29) is 23.2 Å². The van der Waals surface area contributed by atoms with Crippen LogP contribution in [0.2, 0.25) is 18.1 Å². The van der Waals surface area contributed by atoms with Crippen molar-refractivity contribution in [2.75, 3.05) is 6.61 Å². The van der Waals surface area contributed by atoms with Gasteiger partial charge in [-0.3, -0.25) is 14.3 Å². The van der Waals surface area contributed by atoms with Gasteiger partial charge in [0, 0.05) is 17.7 Å². The van der Waals surface area contributed by atoms with E-state index in [1.807, 2.05) is 0 Å². The van der Waals surface area contributed by atoms with E-state index in [0.717, 1.165) is 12.8 Å². The molecule has 1 spiro atoms. The van der Waals surface area contributed by atoms with E-state index in [4.69, 9.17) is 9.16 Å². The molecular weight excluding hydrogens is 340 g/mol. The molecule has 7 nitrogen and oxygen atoms in total. The van der Waals surface area contributed by atoms with Crippen molar-refractivity contribution in [2.45, 2.75) is 70.2 Å². The van der Waals surface area contributed by atoms with Crippen LogP contribution in [-0.4, -0.2) is 41.8 Å². The summed E-state index contributed by atoms with van der Waals surface area (Å²) in [6.45, 7) is 10.7. The normalized spacial score (nSPS) is 28.5. The fourth-order valence-corrected chi connectivity index (χ4v) is 4.71. The van der Waals surface area contributed by atoms with E-state index in [9.17, 15) is 14.7 Å². The number of aliphatic hydroxyl groups excluding tert-OH is 1. The monoisotopic (exact) mass is 368 g/mol. The van der Waals surface area contributed by atoms with E-state index in [0.29, 0.717) is 0 Å². The number of H-pyrrole nitrogens is 1. The van der Waals surface area contributed by atoms with Gasteiger partial charge in [0.15, 0.2) is 8.32 Å². The number of nitrogens with one attached hydrogen (secondary N) is 1. The number of aromatic nitrogens is 2. The van der Waals surface area contributed by atoms with Crippen molar-refractivity contribution >= 4 is 8.32 Å². The lowest BCUT2D eigenvalue weighted by Gasteiger charge is -2.40. The summed E-state index contributed by atoms with van der Waals surface area (Å²) in [7, 11) is -2.07. The molecule has 3 atom stereocenters. The first-order valence-corrected chi connectivity index (χ1v) is 11.7. The summed E-state index contributed by atoms with van der Waals surface area (Å²) in [6, 6.07) is 1.32. The SMILES string of the molecule is CC(C)(C)[Si](C)(C)O[C@@H]1[C@@H](CO)O[C@@H](n2ccc(=O)[nH]c2=O)C12CC2. The topological polar surface area (TPSA) is 93.5 Å². The number of aliphatic hydroxyl groups is 1. The highest BCUT2D eigenvalue weighted by atomic mass is 28.4. The molecule has 1 aliphatic heterocycles.